The lowest BCUT2D eigenvalue weighted by atomic mass is 9.96. The molecule has 2 N–H and O–H groups in total. The number of piperidine rings is 1. The fraction of sp³-hybridized carbons (Fsp3) is 0.556. The van der Waals surface area contributed by atoms with E-state index in [9.17, 15) is 9.59 Å². The molecule has 2 heterocycles. The van der Waals surface area contributed by atoms with Crippen LogP contribution >= 0.6 is 11.6 Å². The van der Waals surface area contributed by atoms with Crippen molar-refractivity contribution in [2.24, 2.45) is 5.92 Å². The third-order valence-electron chi connectivity index (χ3n) is 4.87. The van der Waals surface area contributed by atoms with E-state index in [1.807, 2.05) is 4.90 Å². The molecule has 2 saturated heterocycles. The molecule has 25 heavy (non-hydrogen) atoms. The predicted molar refractivity (Wildman–Crippen MR) is 98.7 cm³/mol. The minimum atomic E-state index is -0.0412. The molecular formula is C18H25ClN4O2. The van der Waals surface area contributed by atoms with E-state index in [1.54, 1.807) is 24.3 Å². The monoisotopic (exact) mass is 364 g/mol. The molecule has 0 unspecified atom stereocenters. The van der Waals surface area contributed by atoms with Gasteiger partial charge in [-0.25, -0.2) is 0 Å². The lowest BCUT2D eigenvalue weighted by Crippen LogP contribution is -2.52. The van der Waals surface area contributed by atoms with Crippen LogP contribution in [0.3, 0.4) is 0 Å². The summed E-state index contributed by atoms with van der Waals surface area (Å²) >= 11 is 5.84. The summed E-state index contributed by atoms with van der Waals surface area (Å²) in [5.74, 6) is 0.410. The van der Waals surface area contributed by atoms with Crippen molar-refractivity contribution < 1.29 is 9.59 Å². The van der Waals surface area contributed by atoms with Crippen molar-refractivity contribution in [2.45, 2.75) is 12.8 Å². The highest BCUT2D eigenvalue weighted by atomic mass is 35.5. The first kappa shape index (κ1) is 18.2. The molecule has 2 aliphatic heterocycles. The van der Waals surface area contributed by atoms with E-state index in [4.69, 9.17) is 11.6 Å². The summed E-state index contributed by atoms with van der Waals surface area (Å²) in [6.07, 6.45) is 1.87. The number of hydrogen-bond donors (Lipinski definition) is 2. The van der Waals surface area contributed by atoms with Crippen molar-refractivity contribution >= 4 is 29.1 Å². The molecule has 3 rings (SSSR count). The van der Waals surface area contributed by atoms with Crippen molar-refractivity contribution in [1.29, 1.82) is 0 Å². The molecule has 0 radical (unpaired) electrons. The van der Waals surface area contributed by atoms with E-state index >= 15 is 0 Å². The van der Waals surface area contributed by atoms with Crippen LogP contribution in [0.1, 0.15) is 12.8 Å². The molecule has 2 fully saturated rings. The first-order valence-electron chi connectivity index (χ1n) is 8.89. The maximum absolute atomic E-state index is 12.5. The Balaban J connectivity index is 1.41. The van der Waals surface area contributed by atoms with Crippen molar-refractivity contribution in [1.82, 2.24) is 15.1 Å². The topological polar surface area (TPSA) is 64.7 Å². The third kappa shape index (κ3) is 5.17. The van der Waals surface area contributed by atoms with Gasteiger partial charge in [-0.15, -0.1) is 0 Å². The Hall–Kier alpha value is -1.63. The summed E-state index contributed by atoms with van der Waals surface area (Å²) in [6, 6.07) is 7.08. The molecule has 0 aliphatic carbocycles. The first-order valence-corrected chi connectivity index (χ1v) is 9.27. The minimum Gasteiger partial charge on any atom is -0.340 e. The molecule has 2 amide bonds. The van der Waals surface area contributed by atoms with Crippen LogP contribution in [0.5, 0.6) is 0 Å². The standard InChI is InChI=1S/C18H25ClN4O2/c19-15-1-3-16(4-2-15)21-17(24)13-22-9-11-23(12-10-22)18(25)14-5-7-20-8-6-14/h1-4,14,20H,5-13H2,(H,21,24). The normalized spacial score (nSPS) is 19.6. The van der Waals surface area contributed by atoms with Crippen LogP contribution < -0.4 is 10.6 Å². The van der Waals surface area contributed by atoms with Gasteiger partial charge in [0.1, 0.15) is 0 Å². The summed E-state index contributed by atoms with van der Waals surface area (Å²) < 4.78 is 0. The molecule has 1 aromatic carbocycles. The number of amides is 2. The van der Waals surface area contributed by atoms with Gasteiger partial charge in [-0.2, -0.15) is 0 Å². The Labute approximate surface area is 153 Å². The maximum Gasteiger partial charge on any atom is 0.238 e. The van der Waals surface area contributed by atoms with Crippen molar-refractivity contribution in [2.75, 3.05) is 51.1 Å². The van der Waals surface area contributed by atoms with Gasteiger partial charge in [0, 0.05) is 42.8 Å². The van der Waals surface area contributed by atoms with Gasteiger partial charge in [0.25, 0.3) is 0 Å². The molecular weight excluding hydrogens is 340 g/mol. The van der Waals surface area contributed by atoms with Crippen LogP contribution in [0.25, 0.3) is 0 Å². The first-order chi connectivity index (χ1) is 12.1. The summed E-state index contributed by atoms with van der Waals surface area (Å²) in [5, 5.41) is 6.81. The lowest BCUT2D eigenvalue weighted by Gasteiger charge is -2.36. The van der Waals surface area contributed by atoms with Gasteiger partial charge in [-0.1, -0.05) is 11.6 Å². The van der Waals surface area contributed by atoms with Crippen molar-refractivity contribution in [3.05, 3.63) is 29.3 Å². The SMILES string of the molecule is O=C(CN1CCN(C(=O)C2CCNCC2)CC1)Nc1ccc(Cl)cc1. The number of carbonyl (C=O) groups is 2. The zero-order chi connectivity index (χ0) is 17.6. The van der Waals surface area contributed by atoms with Crippen LogP contribution in [-0.2, 0) is 9.59 Å². The lowest BCUT2D eigenvalue weighted by molar-refractivity contribution is -0.138. The molecule has 0 atom stereocenters. The highest BCUT2D eigenvalue weighted by Gasteiger charge is 2.28. The summed E-state index contributed by atoms with van der Waals surface area (Å²) in [6.45, 7) is 5.10. The average molecular weight is 365 g/mol. The molecule has 136 valence electrons. The number of benzene rings is 1. The highest BCUT2D eigenvalue weighted by molar-refractivity contribution is 6.30. The van der Waals surface area contributed by atoms with E-state index in [-0.39, 0.29) is 17.7 Å². The zero-order valence-electron chi connectivity index (χ0n) is 14.3. The van der Waals surface area contributed by atoms with Crippen LogP contribution in [0.4, 0.5) is 5.69 Å². The fourth-order valence-electron chi connectivity index (χ4n) is 3.39. The van der Waals surface area contributed by atoms with Gasteiger partial charge in [0.15, 0.2) is 0 Å². The fourth-order valence-corrected chi connectivity index (χ4v) is 3.52. The van der Waals surface area contributed by atoms with Crippen LogP contribution in [0.15, 0.2) is 24.3 Å². The quantitative estimate of drug-likeness (QED) is 0.848. The zero-order valence-corrected chi connectivity index (χ0v) is 15.1. The van der Waals surface area contributed by atoms with Crippen LogP contribution in [0, 0.1) is 5.92 Å². The summed E-state index contributed by atoms with van der Waals surface area (Å²) in [7, 11) is 0. The number of nitrogens with zero attached hydrogens (tertiary/aromatic N) is 2. The largest absolute Gasteiger partial charge is 0.340 e. The van der Waals surface area contributed by atoms with Crippen molar-refractivity contribution in [3.8, 4) is 0 Å². The van der Waals surface area contributed by atoms with Crippen LogP contribution in [0.2, 0.25) is 5.02 Å². The molecule has 7 heteroatoms. The van der Waals surface area contributed by atoms with Gasteiger partial charge in [-0.3, -0.25) is 14.5 Å². The Morgan fingerprint density at radius 2 is 1.72 bits per heavy atom. The van der Waals surface area contributed by atoms with Crippen LogP contribution in [-0.4, -0.2) is 67.4 Å². The van der Waals surface area contributed by atoms with Gasteiger partial charge in [0.05, 0.1) is 6.54 Å². The Kier molecular flexibility index (Phi) is 6.29. The second kappa shape index (κ2) is 8.65. The molecule has 0 saturated carbocycles. The summed E-state index contributed by atoms with van der Waals surface area (Å²) in [4.78, 5) is 28.8. The molecule has 6 nitrogen and oxygen atoms in total. The number of piperazine rings is 1. The molecule has 0 aromatic heterocycles. The number of halogens is 1. The smallest absolute Gasteiger partial charge is 0.238 e. The molecule has 1 aromatic rings. The summed E-state index contributed by atoms with van der Waals surface area (Å²) in [5.41, 5.74) is 0.745. The number of nitrogens with one attached hydrogen (secondary N) is 2. The Morgan fingerprint density at radius 3 is 2.36 bits per heavy atom. The maximum atomic E-state index is 12.5. The molecule has 0 bridgehead atoms. The van der Waals surface area contributed by atoms with E-state index in [2.05, 4.69) is 15.5 Å². The number of rotatable bonds is 4. The Morgan fingerprint density at radius 1 is 1.08 bits per heavy atom. The van der Waals surface area contributed by atoms with Gasteiger partial charge in [-0.05, 0) is 50.2 Å². The minimum absolute atomic E-state index is 0.0412. The van der Waals surface area contributed by atoms with Crippen molar-refractivity contribution in [3.63, 3.8) is 0 Å². The van der Waals surface area contributed by atoms with E-state index in [0.717, 1.165) is 44.7 Å². The second-order valence-electron chi connectivity index (χ2n) is 6.68. The van der Waals surface area contributed by atoms with Gasteiger partial charge in [0.2, 0.25) is 11.8 Å². The number of anilines is 1. The third-order valence-corrected chi connectivity index (χ3v) is 5.12. The van der Waals surface area contributed by atoms with Gasteiger partial charge < -0.3 is 15.5 Å². The highest BCUT2D eigenvalue weighted by Crippen LogP contribution is 2.17. The predicted octanol–water partition coefficient (Wildman–Crippen LogP) is 1.42. The van der Waals surface area contributed by atoms with E-state index < -0.39 is 0 Å². The number of carbonyl (C=O) groups excluding carboxylic acids is 2. The molecule has 2 aliphatic rings. The average Bonchev–Trinajstić information content (AvgIpc) is 2.64. The second-order valence-corrected chi connectivity index (χ2v) is 7.12. The molecule has 0 spiro atoms. The van der Waals surface area contributed by atoms with Gasteiger partial charge >= 0.3 is 0 Å². The Bertz CT molecular complexity index is 594. The van der Waals surface area contributed by atoms with E-state index in [1.165, 1.54) is 0 Å². The van der Waals surface area contributed by atoms with E-state index in [0.29, 0.717) is 24.7 Å². The number of hydrogen-bond acceptors (Lipinski definition) is 4.